The van der Waals surface area contributed by atoms with Crippen molar-refractivity contribution >= 4 is 29.6 Å². The summed E-state index contributed by atoms with van der Waals surface area (Å²) in [6, 6.07) is 9.89. The van der Waals surface area contributed by atoms with Gasteiger partial charge in [0.25, 0.3) is 0 Å². The van der Waals surface area contributed by atoms with E-state index in [1.807, 2.05) is 25.1 Å². The Balaban J connectivity index is 1.18. The molecule has 2 aromatic carbocycles. The molecule has 0 unspecified atom stereocenters. The van der Waals surface area contributed by atoms with Crippen LogP contribution in [0.25, 0.3) is 11.1 Å². The van der Waals surface area contributed by atoms with Crippen LogP contribution in [0.15, 0.2) is 36.4 Å². The Kier molecular flexibility index (Phi) is 9.46. The van der Waals surface area contributed by atoms with Gasteiger partial charge in [0.1, 0.15) is 11.6 Å². The number of nitrogens with zero attached hydrogens (tertiary/aromatic N) is 1. The molecule has 0 N–H and O–H groups in total. The molecule has 2 fully saturated rings. The summed E-state index contributed by atoms with van der Waals surface area (Å²) in [4.78, 5) is 65.2. The zero-order valence-corrected chi connectivity index (χ0v) is 26.9. The topological polar surface area (TPSA) is 116 Å². The Bertz CT molecular complexity index is 1490. The minimum atomic E-state index is -0.786. The SMILES string of the molecule is C[C@H]1CC[C@@H](C(=O)OCC(=O)c2ccc(-c3ccc(C(=O)COC(=O)[C@@H]4CC[C@H](C)N4C(=O)OC(C)(C)C)c4c3CC4)cc2)C1. The third-order valence-corrected chi connectivity index (χ3v) is 9.14. The fraction of sp³-hybridized carbons (Fsp3) is 0.528. The molecule has 9 heteroatoms. The van der Waals surface area contributed by atoms with Gasteiger partial charge >= 0.3 is 18.0 Å². The maximum atomic E-state index is 13.2. The first-order chi connectivity index (χ1) is 21.3. The molecule has 45 heavy (non-hydrogen) atoms. The maximum absolute atomic E-state index is 13.2. The quantitative estimate of drug-likeness (QED) is 0.188. The Hall–Kier alpha value is -4.01. The van der Waals surface area contributed by atoms with Crippen molar-refractivity contribution in [2.24, 2.45) is 11.8 Å². The second-order valence-electron chi connectivity index (χ2n) is 13.7. The highest BCUT2D eigenvalue weighted by Gasteiger charge is 2.42. The van der Waals surface area contributed by atoms with Crippen LogP contribution < -0.4 is 0 Å². The Labute approximate surface area is 264 Å². The molecule has 5 rings (SSSR count). The predicted molar refractivity (Wildman–Crippen MR) is 167 cm³/mol. The van der Waals surface area contributed by atoms with Crippen molar-refractivity contribution in [2.75, 3.05) is 13.2 Å². The average Bonchev–Trinajstić information content (AvgIpc) is 3.59. The van der Waals surface area contributed by atoms with E-state index in [0.29, 0.717) is 29.9 Å². The lowest BCUT2D eigenvalue weighted by Crippen LogP contribution is -2.47. The van der Waals surface area contributed by atoms with E-state index in [-0.39, 0.29) is 36.1 Å². The largest absolute Gasteiger partial charge is 0.457 e. The number of benzene rings is 2. The highest BCUT2D eigenvalue weighted by atomic mass is 16.6. The zero-order valence-electron chi connectivity index (χ0n) is 26.9. The minimum absolute atomic E-state index is 0.110. The van der Waals surface area contributed by atoms with Crippen LogP contribution >= 0.6 is 0 Å². The number of likely N-dealkylation sites (tertiary alicyclic amines) is 1. The molecule has 1 heterocycles. The predicted octanol–water partition coefficient (Wildman–Crippen LogP) is 6.13. The van der Waals surface area contributed by atoms with E-state index in [4.69, 9.17) is 14.2 Å². The molecule has 1 aliphatic heterocycles. The molecule has 2 aromatic rings. The zero-order chi connectivity index (χ0) is 32.5. The molecule has 240 valence electrons. The highest BCUT2D eigenvalue weighted by Crippen LogP contribution is 2.37. The molecule has 4 atom stereocenters. The van der Waals surface area contributed by atoms with Gasteiger partial charge in [0.05, 0.1) is 5.92 Å². The van der Waals surface area contributed by atoms with Crippen LogP contribution in [-0.2, 0) is 36.6 Å². The molecule has 3 aliphatic rings. The smallest absolute Gasteiger partial charge is 0.411 e. The van der Waals surface area contributed by atoms with Gasteiger partial charge in [-0.1, -0.05) is 43.3 Å². The van der Waals surface area contributed by atoms with Gasteiger partial charge in [-0.05, 0) is 101 Å². The summed E-state index contributed by atoms with van der Waals surface area (Å²) in [6.45, 7) is 8.63. The highest BCUT2D eigenvalue weighted by molar-refractivity contribution is 6.01. The van der Waals surface area contributed by atoms with Gasteiger partial charge in [0, 0.05) is 17.2 Å². The number of hydrogen-bond acceptors (Lipinski definition) is 8. The molecule has 0 radical (unpaired) electrons. The summed E-state index contributed by atoms with van der Waals surface area (Å²) in [5.74, 6) is -1.03. The van der Waals surface area contributed by atoms with E-state index in [9.17, 15) is 24.0 Å². The molecule has 2 aliphatic carbocycles. The van der Waals surface area contributed by atoms with Crippen LogP contribution in [0.3, 0.4) is 0 Å². The molecule has 1 saturated carbocycles. The van der Waals surface area contributed by atoms with E-state index in [1.54, 1.807) is 39.0 Å². The van der Waals surface area contributed by atoms with E-state index in [2.05, 4.69) is 6.92 Å². The molecule has 9 nitrogen and oxygen atoms in total. The number of esters is 2. The van der Waals surface area contributed by atoms with Gasteiger partial charge in [-0.25, -0.2) is 9.59 Å². The minimum Gasteiger partial charge on any atom is -0.457 e. The van der Waals surface area contributed by atoms with Crippen LogP contribution in [0.5, 0.6) is 0 Å². The lowest BCUT2D eigenvalue weighted by molar-refractivity contribution is -0.148. The molecule has 0 bridgehead atoms. The fourth-order valence-electron chi connectivity index (χ4n) is 6.61. The number of fused-ring (bicyclic) bond motifs is 1. The van der Waals surface area contributed by atoms with Crippen LogP contribution in [0.2, 0.25) is 0 Å². The van der Waals surface area contributed by atoms with Crippen molar-refractivity contribution in [2.45, 2.75) is 97.2 Å². The summed E-state index contributed by atoms with van der Waals surface area (Å²) in [5.41, 5.74) is 4.21. The number of Topliss-reactive ketones (excluding diaryl/α,β-unsaturated/α-hetero) is 2. The summed E-state index contributed by atoms with van der Waals surface area (Å²) in [6.07, 6.45) is 4.73. The Morgan fingerprint density at radius 3 is 2.07 bits per heavy atom. The van der Waals surface area contributed by atoms with Gasteiger partial charge in [-0.2, -0.15) is 0 Å². The van der Waals surface area contributed by atoms with Crippen molar-refractivity contribution in [3.63, 3.8) is 0 Å². The summed E-state index contributed by atoms with van der Waals surface area (Å²) in [5, 5.41) is 0. The van der Waals surface area contributed by atoms with E-state index >= 15 is 0 Å². The Morgan fingerprint density at radius 1 is 0.778 bits per heavy atom. The number of ketones is 2. The molecule has 1 saturated heterocycles. The average molecular weight is 618 g/mol. The van der Waals surface area contributed by atoms with Gasteiger partial charge in [0.15, 0.2) is 19.0 Å². The molecular formula is C36H43NO8. The van der Waals surface area contributed by atoms with Crippen LogP contribution in [0.1, 0.15) is 98.6 Å². The van der Waals surface area contributed by atoms with Crippen molar-refractivity contribution in [3.05, 3.63) is 58.7 Å². The second-order valence-corrected chi connectivity index (χ2v) is 13.7. The molecule has 0 aromatic heterocycles. The van der Waals surface area contributed by atoms with Gasteiger partial charge in [0.2, 0.25) is 5.78 Å². The van der Waals surface area contributed by atoms with Crippen molar-refractivity contribution in [1.29, 1.82) is 0 Å². The van der Waals surface area contributed by atoms with Crippen molar-refractivity contribution in [1.82, 2.24) is 4.90 Å². The van der Waals surface area contributed by atoms with E-state index < -0.39 is 30.3 Å². The Morgan fingerprint density at radius 2 is 1.44 bits per heavy atom. The van der Waals surface area contributed by atoms with Gasteiger partial charge in [-0.15, -0.1) is 0 Å². The number of rotatable bonds is 9. The monoisotopic (exact) mass is 617 g/mol. The molecular weight excluding hydrogens is 574 g/mol. The van der Waals surface area contributed by atoms with Gasteiger partial charge < -0.3 is 14.2 Å². The summed E-state index contributed by atoms with van der Waals surface area (Å²) < 4.78 is 16.2. The van der Waals surface area contributed by atoms with E-state index in [1.165, 1.54) is 4.90 Å². The number of carbonyl (C=O) groups is 5. The summed E-state index contributed by atoms with van der Waals surface area (Å²) >= 11 is 0. The van der Waals surface area contributed by atoms with Crippen molar-refractivity contribution < 1.29 is 38.2 Å². The fourth-order valence-corrected chi connectivity index (χ4v) is 6.61. The van der Waals surface area contributed by atoms with Crippen LogP contribution in [0.4, 0.5) is 4.79 Å². The third kappa shape index (κ3) is 7.29. The van der Waals surface area contributed by atoms with Crippen LogP contribution in [-0.4, -0.2) is 65.4 Å². The lowest BCUT2D eigenvalue weighted by Gasteiger charge is -2.30. The number of ether oxygens (including phenoxy) is 3. The number of carbonyl (C=O) groups excluding carboxylic acids is 5. The second kappa shape index (κ2) is 13.2. The van der Waals surface area contributed by atoms with Gasteiger partial charge in [-0.3, -0.25) is 19.3 Å². The number of amides is 1. The maximum Gasteiger partial charge on any atom is 0.411 e. The standard InChI is InChI=1S/C36H43NO8/c1-21-6-8-25(18-21)33(40)43-19-31(38)24-11-9-23(10-12-24)26-13-16-29(28-15-14-27(26)28)32(39)20-44-34(41)30-17-7-22(2)37(30)35(42)45-36(3,4)5/h9-13,16,21-22,25,30H,6-8,14-15,17-20H2,1-5H3/t21-,22-,25+,30-/m0/s1. The first-order valence-corrected chi connectivity index (χ1v) is 16.0. The molecule has 0 spiro atoms. The summed E-state index contributed by atoms with van der Waals surface area (Å²) in [7, 11) is 0. The first kappa shape index (κ1) is 32.4. The van der Waals surface area contributed by atoms with Crippen LogP contribution in [0, 0.1) is 11.8 Å². The number of hydrogen-bond donors (Lipinski definition) is 0. The van der Waals surface area contributed by atoms with E-state index in [0.717, 1.165) is 54.4 Å². The molecule has 1 amide bonds. The normalized spacial score (nSPS) is 22.3. The lowest BCUT2D eigenvalue weighted by atomic mass is 9.78. The first-order valence-electron chi connectivity index (χ1n) is 16.0. The third-order valence-electron chi connectivity index (χ3n) is 9.14. The van der Waals surface area contributed by atoms with Crippen molar-refractivity contribution in [3.8, 4) is 11.1 Å².